The first-order chi connectivity index (χ1) is 10.4. The zero-order valence-electron chi connectivity index (χ0n) is 14.5. The van der Waals surface area contributed by atoms with Crippen molar-refractivity contribution in [1.82, 2.24) is 10.2 Å². The highest BCUT2D eigenvalue weighted by molar-refractivity contribution is 4.74. The van der Waals surface area contributed by atoms with E-state index in [0.717, 1.165) is 25.6 Å². The van der Waals surface area contributed by atoms with Gasteiger partial charge in [-0.3, -0.25) is 0 Å². The quantitative estimate of drug-likeness (QED) is 0.525. The predicted octanol–water partition coefficient (Wildman–Crippen LogP) is 3.69. The fraction of sp³-hybridized carbons (Fsp3) is 1.00. The Morgan fingerprint density at radius 3 is 2.62 bits per heavy atom. The van der Waals surface area contributed by atoms with E-state index in [1.807, 2.05) is 0 Å². The van der Waals surface area contributed by atoms with Gasteiger partial charge >= 0.3 is 0 Å². The smallest absolute Gasteiger partial charge is 0.0587 e. The summed E-state index contributed by atoms with van der Waals surface area (Å²) in [4.78, 5) is 2.69. The van der Waals surface area contributed by atoms with Crippen LogP contribution in [0.2, 0.25) is 0 Å². The molecule has 0 radical (unpaired) electrons. The summed E-state index contributed by atoms with van der Waals surface area (Å²) in [6.07, 6.45) is 12.7. The standard InChI is InChI=1S/C18H38N2O/c1-3-4-5-6-7-8-9-13-20-14-10-11-18(17-20)16-19-12-15-21-2/h18-19H,3-17H2,1-2H3. The molecular weight excluding hydrogens is 260 g/mol. The molecule has 1 atom stereocenters. The Kier molecular flexibility index (Phi) is 12.2. The van der Waals surface area contributed by atoms with Crippen molar-refractivity contribution in [3.63, 3.8) is 0 Å². The minimum atomic E-state index is 0.828. The van der Waals surface area contributed by atoms with E-state index in [-0.39, 0.29) is 0 Å². The van der Waals surface area contributed by atoms with Gasteiger partial charge in [0.25, 0.3) is 0 Å². The highest BCUT2D eigenvalue weighted by Crippen LogP contribution is 2.16. The van der Waals surface area contributed by atoms with Crippen LogP contribution >= 0.6 is 0 Å². The summed E-state index contributed by atoms with van der Waals surface area (Å²) >= 11 is 0. The molecule has 21 heavy (non-hydrogen) atoms. The second kappa shape index (κ2) is 13.5. The Bertz CT molecular complexity index is 223. The average Bonchev–Trinajstić information content (AvgIpc) is 2.51. The van der Waals surface area contributed by atoms with E-state index in [2.05, 4.69) is 17.1 Å². The molecule has 126 valence electrons. The van der Waals surface area contributed by atoms with Gasteiger partial charge in [-0.05, 0) is 44.8 Å². The number of hydrogen-bond acceptors (Lipinski definition) is 3. The van der Waals surface area contributed by atoms with Crippen molar-refractivity contribution in [3.05, 3.63) is 0 Å². The molecule has 0 bridgehead atoms. The third-order valence-electron chi connectivity index (χ3n) is 4.60. The minimum absolute atomic E-state index is 0.828. The van der Waals surface area contributed by atoms with Crippen LogP contribution in [0.25, 0.3) is 0 Å². The third kappa shape index (κ3) is 10.3. The Morgan fingerprint density at radius 1 is 1.10 bits per heavy atom. The summed E-state index contributed by atoms with van der Waals surface area (Å²) in [7, 11) is 1.77. The molecule has 1 heterocycles. The molecule has 1 unspecified atom stereocenters. The Hall–Kier alpha value is -0.120. The first kappa shape index (κ1) is 18.9. The predicted molar refractivity (Wildman–Crippen MR) is 91.9 cm³/mol. The third-order valence-corrected chi connectivity index (χ3v) is 4.60. The number of piperidine rings is 1. The van der Waals surface area contributed by atoms with Gasteiger partial charge in [0.05, 0.1) is 6.61 Å². The molecule has 3 heteroatoms. The van der Waals surface area contributed by atoms with Crippen LogP contribution in [0.15, 0.2) is 0 Å². The van der Waals surface area contributed by atoms with Gasteiger partial charge in [0.15, 0.2) is 0 Å². The molecule has 0 saturated carbocycles. The number of ether oxygens (including phenoxy) is 1. The average molecular weight is 299 g/mol. The highest BCUT2D eigenvalue weighted by Gasteiger charge is 2.18. The van der Waals surface area contributed by atoms with Gasteiger partial charge in [-0.2, -0.15) is 0 Å². The van der Waals surface area contributed by atoms with Crippen LogP contribution < -0.4 is 5.32 Å². The summed E-state index contributed by atoms with van der Waals surface area (Å²) < 4.78 is 5.08. The number of nitrogens with zero attached hydrogens (tertiary/aromatic N) is 1. The molecule has 1 saturated heterocycles. The van der Waals surface area contributed by atoms with Gasteiger partial charge in [-0.25, -0.2) is 0 Å². The van der Waals surface area contributed by atoms with E-state index in [4.69, 9.17) is 4.74 Å². The molecule has 1 rings (SSSR count). The molecule has 0 spiro atoms. The molecule has 1 aliphatic rings. The van der Waals surface area contributed by atoms with E-state index in [9.17, 15) is 0 Å². The molecule has 1 N–H and O–H groups in total. The summed E-state index contributed by atoms with van der Waals surface area (Å²) in [5.74, 6) is 0.847. The van der Waals surface area contributed by atoms with Crippen molar-refractivity contribution in [2.24, 2.45) is 5.92 Å². The van der Waals surface area contributed by atoms with Crippen LogP contribution in [0.3, 0.4) is 0 Å². The fourth-order valence-electron chi connectivity index (χ4n) is 3.29. The summed E-state index contributed by atoms with van der Waals surface area (Å²) in [5.41, 5.74) is 0. The number of likely N-dealkylation sites (tertiary alicyclic amines) is 1. The highest BCUT2D eigenvalue weighted by atomic mass is 16.5. The van der Waals surface area contributed by atoms with E-state index in [1.54, 1.807) is 7.11 Å². The van der Waals surface area contributed by atoms with Crippen molar-refractivity contribution >= 4 is 0 Å². The van der Waals surface area contributed by atoms with Gasteiger partial charge in [0.1, 0.15) is 0 Å². The van der Waals surface area contributed by atoms with Crippen LogP contribution in [0.5, 0.6) is 0 Å². The second-order valence-corrected chi connectivity index (χ2v) is 6.63. The van der Waals surface area contributed by atoms with Crippen LogP contribution in [0.1, 0.15) is 64.7 Å². The molecule has 1 fully saturated rings. The number of rotatable bonds is 13. The maximum atomic E-state index is 5.08. The molecule has 3 nitrogen and oxygen atoms in total. The normalized spacial score (nSPS) is 20.0. The SMILES string of the molecule is CCCCCCCCCN1CCCC(CNCCOC)C1. The van der Waals surface area contributed by atoms with Crippen molar-refractivity contribution in [2.45, 2.75) is 64.7 Å². The van der Waals surface area contributed by atoms with Crippen molar-refractivity contribution in [2.75, 3.05) is 46.4 Å². The van der Waals surface area contributed by atoms with Crippen molar-refractivity contribution in [1.29, 1.82) is 0 Å². The summed E-state index contributed by atoms with van der Waals surface area (Å²) in [5, 5.41) is 3.52. The van der Waals surface area contributed by atoms with Crippen LogP contribution in [0.4, 0.5) is 0 Å². The van der Waals surface area contributed by atoms with Crippen LogP contribution in [-0.4, -0.2) is 51.3 Å². The number of hydrogen-bond donors (Lipinski definition) is 1. The van der Waals surface area contributed by atoms with Gasteiger partial charge in [0.2, 0.25) is 0 Å². The molecule has 1 aliphatic heterocycles. The molecule has 0 aromatic heterocycles. The van der Waals surface area contributed by atoms with Crippen LogP contribution in [0, 0.1) is 5.92 Å². The number of unbranched alkanes of at least 4 members (excludes halogenated alkanes) is 6. The monoisotopic (exact) mass is 298 g/mol. The minimum Gasteiger partial charge on any atom is -0.383 e. The van der Waals surface area contributed by atoms with Crippen LogP contribution in [-0.2, 0) is 4.74 Å². The van der Waals surface area contributed by atoms with Gasteiger partial charge in [-0.1, -0.05) is 45.4 Å². The number of nitrogens with one attached hydrogen (secondary N) is 1. The van der Waals surface area contributed by atoms with E-state index in [1.165, 1.54) is 77.4 Å². The summed E-state index contributed by atoms with van der Waals surface area (Å²) in [6, 6.07) is 0. The lowest BCUT2D eigenvalue weighted by Gasteiger charge is -2.33. The molecule has 0 amide bonds. The molecule has 0 aromatic rings. The van der Waals surface area contributed by atoms with Gasteiger partial charge in [0, 0.05) is 20.2 Å². The lowest BCUT2D eigenvalue weighted by atomic mass is 9.97. The zero-order chi connectivity index (χ0) is 15.2. The second-order valence-electron chi connectivity index (χ2n) is 6.63. The molecule has 0 aromatic carbocycles. The Labute approximate surface area is 132 Å². The molecule has 0 aliphatic carbocycles. The largest absolute Gasteiger partial charge is 0.383 e. The van der Waals surface area contributed by atoms with E-state index >= 15 is 0 Å². The fourth-order valence-corrected chi connectivity index (χ4v) is 3.29. The maximum absolute atomic E-state index is 5.08. The summed E-state index contributed by atoms with van der Waals surface area (Å²) in [6.45, 7) is 9.22. The topological polar surface area (TPSA) is 24.5 Å². The van der Waals surface area contributed by atoms with E-state index in [0.29, 0.717) is 0 Å². The number of methoxy groups -OCH3 is 1. The Morgan fingerprint density at radius 2 is 1.86 bits per heavy atom. The molecular formula is C18H38N2O. The van der Waals surface area contributed by atoms with Crippen molar-refractivity contribution in [3.8, 4) is 0 Å². The lowest BCUT2D eigenvalue weighted by molar-refractivity contribution is 0.162. The maximum Gasteiger partial charge on any atom is 0.0587 e. The van der Waals surface area contributed by atoms with Gasteiger partial charge < -0.3 is 15.0 Å². The lowest BCUT2D eigenvalue weighted by Crippen LogP contribution is -2.40. The Balaban J connectivity index is 1.96. The van der Waals surface area contributed by atoms with E-state index < -0.39 is 0 Å². The first-order valence-electron chi connectivity index (χ1n) is 9.28. The van der Waals surface area contributed by atoms with Crippen molar-refractivity contribution < 1.29 is 4.74 Å². The first-order valence-corrected chi connectivity index (χ1v) is 9.28. The van der Waals surface area contributed by atoms with Gasteiger partial charge in [-0.15, -0.1) is 0 Å². The zero-order valence-corrected chi connectivity index (χ0v) is 14.5.